The first-order valence-corrected chi connectivity index (χ1v) is 5.35. The Bertz CT molecular complexity index is 597. The van der Waals surface area contributed by atoms with Gasteiger partial charge in [0.15, 0.2) is 4.77 Å². The Morgan fingerprint density at radius 3 is 2.33 bits per heavy atom. The van der Waals surface area contributed by atoms with E-state index in [2.05, 4.69) is 10.2 Å². The van der Waals surface area contributed by atoms with E-state index >= 15 is 0 Å². The van der Waals surface area contributed by atoms with Crippen molar-refractivity contribution in [2.24, 2.45) is 0 Å². The highest BCUT2D eigenvalue weighted by molar-refractivity contribution is 7.71. The summed E-state index contributed by atoms with van der Waals surface area (Å²) >= 11 is 4.94. The molecule has 0 radical (unpaired) electrons. The van der Waals surface area contributed by atoms with Gasteiger partial charge in [-0.1, -0.05) is 12.1 Å². The molecule has 0 bridgehead atoms. The van der Waals surface area contributed by atoms with Crippen LogP contribution in [0.5, 0.6) is 0 Å². The maximum absolute atomic E-state index is 12.4. The van der Waals surface area contributed by atoms with Gasteiger partial charge in [0.25, 0.3) is 0 Å². The number of hydrogen-bond acceptors (Lipinski definition) is 3. The quantitative estimate of drug-likeness (QED) is 0.827. The number of alkyl halides is 3. The molecule has 1 heterocycles. The number of anilines is 1. The molecular weight excluding hydrogens is 265 g/mol. The van der Waals surface area contributed by atoms with E-state index in [1.165, 1.54) is 16.7 Å². The number of nitrogens with two attached hydrogens (primary N) is 1. The predicted octanol–water partition coefficient (Wildman–Crippen LogP) is 2.59. The SMILES string of the molecule is Nc1n[nH]c(=S)n1Cc1ccc(C(F)(F)F)cc1. The fourth-order valence-electron chi connectivity index (χ4n) is 1.46. The van der Waals surface area contributed by atoms with Crippen LogP contribution >= 0.6 is 12.2 Å². The van der Waals surface area contributed by atoms with Gasteiger partial charge in [-0.25, -0.2) is 5.10 Å². The van der Waals surface area contributed by atoms with Gasteiger partial charge in [-0.15, -0.1) is 5.10 Å². The van der Waals surface area contributed by atoms with Crippen LogP contribution in [0.2, 0.25) is 0 Å². The van der Waals surface area contributed by atoms with E-state index < -0.39 is 11.7 Å². The molecule has 0 aliphatic carbocycles. The van der Waals surface area contributed by atoms with Crippen LogP contribution in [-0.2, 0) is 12.7 Å². The molecule has 96 valence electrons. The van der Waals surface area contributed by atoms with Crippen molar-refractivity contribution in [2.75, 3.05) is 5.73 Å². The molecule has 4 nitrogen and oxygen atoms in total. The van der Waals surface area contributed by atoms with Crippen LogP contribution in [0.3, 0.4) is 0 Å². The normalized spacial score (nSPS) is 11.7. The average molecular weight is 274 g/mol. The molecule has 2 aromatic rings. The van der Waals surface area contributed by atoms with Crippen LogP contribution in [0.4, 0.5) is 19.1 Å². The number of H-pyrrole nitrogens is 1. The van der Waals surface area contributed by atoms with E-state index in [4.69, 9.17) is 18.0 Å². The first-order chi connectivity index (χ1) is 8.38. The van der Waals surface area contributed by atoms with Crippen molar-refractivity contribution in [3.05, 3.63) is 40.2 Å². The zero-order valence-electron chi connectivity index (χ0n) is 9.03. The van der Waals surface area contributed by atoms with Crippen molar-refractivity contribution in [1.29, 1.82) is 0 Å². The molecule has 0 aliphatic heterocycles. The summed E-state index contributed by atoms with van der Waals surface area (Å²) in [7, 11) is 0. The minimum absolute atomic E-state index is 0.194. The van der Waals surface area contributed by atoms with Crippen molar-refractivity contribution >= 4 is 18.2 Å². The summed E-state index contributed by atoms with van der Waals surface area (Å²) < 4.78 is 38.9. The maximum Gasteiger partial charge on any atom is 0.416 e. The predicted molar refractivity (Wildman–Crippen MR) is 62.4 cm³/mol. The molecule has 0 unspecified atom stereocenters. The average Bonchev–Trinajstić information content (AvgIpc) is 2.60. The number of nitrogen functional groups attached to an aromatic ring is 1. The molecule has 0 atom stereocenters. The molecule has 2 rings (SSSR count). The zero-order valence-corrected chi connectivity index (χ0v) is 9.85. The second-order valence-corrected chi connectivity index (χ2v) is 4.05. The number of hydrogen-bond donors (Lipinski definition) is 2. The molecule has 1 aromatic heterocycles. The molecule has 0 saturated carbocycles. The number of halogens is 3. The summed E-state index contributed by atoms with van der Waals surface area (Å²) in [4.78, 5) is 0. The molecule has 0 fully saturated rings. The number of aromatic amines is 1. The molecular formula is C10H9F3N4S. The highest BCUT2D eigenvalue weighted by atomic mass is 32.1. The van der Waals surface area contributed by atoms with Gasteiger partial charge in [0.1, 0.15) is 0 Å². The topological polar surface area (TPSA) is 59.6 Å². The third-order valence-electron chi connectivity index (χ3n) is 2.41. The Morgan fingerprint density at radius 1 is 1.28 bits per heavy atom. The highest BCUT2D eigenvalue weighted by Gasteiger charge is 2.29. The van der Waals surface area contributed by atoms with E-state index in [0.29, 0.717) is 10.3 Å². The monoisotopic (exact) mass is 274 g/mol. The van der Waals surface area contributed by atoms with E-state index in [-0.39, 0.29) is 12.5 Å². The molecule has 0 amide bonds. The maximum atomic E-state index is 12.4. The Balaban J connectivity index is 2.24. The lowest BCUT2D eigenvalue weighted by molar-refractivity contribution is -0.137. The molecule has 0 spiro atoms. The Kier molecular flexibility index (Phi) is 3.12. The summed E-state index contributed by atoms with van der Waals surface area (Å²) in [6.07, 6.45) is -4.33. The van der Waals surface area contributed by atoms with E-state index in [0.717, 1.165) is 12.1 Å². The van der Waals surface area contributed by atoms with Crippen LogP contribution in [0.1, 0.15) is 11.1 Å². The third kappa shape index (κ3) is 2.53. The lowest BCUT2D eigenvalue weighted by Gasteiger charge is -2.08. The summed E-state index contributed by atoms with van der Waals surface area (Å²) in [5, 5.41) is 6.22. The molecule has 3 N–H and O–H groups in total. The van der Waals surface area contributed by atoms with Gasteiger partial charge >= 0.3 is 6.18 Å². The van der Waals surface area contributed by atoms with Gasteiger partial charge in [-0.2, -0.15) is 13.2 Å². The van der Waals surface area contributed by atoms with Crippen LogP contribution in [0, 0.1) is 4.77 Å². The number of nitrogens with zero attached hydrogens (tertiary/aromatic N) is 2. The van der Waals surface area contributed by atoms with Crippen LogP contribution in [0.15, 0.2) is 24.3 Å². The summed E-state index contributed by atoms with van der Waals surface area (Å²) in [5.41, 5.74) is 5.54. The van der Waals surface area contributed by atoms with Crippen LogP contribution in [0.25, 0.3) is 0 Å². The van der Waals surface area contributed by atoms with E-state index in [1.807, 2.05) is 0 Å². The minimum Gasteiger partial charge on any atom is -0.368 e. The first-order valence-electron chi connectivity index (χ1n) is 4.95. The fraction of sp³-hybridized carbons (Fsp3) is 0.200. The first kappa shape index (κ1) is 12.6. The lowest BCUT2D eigenvalue weighted by Crippen LogP contribution is -2.07. The van der Waals surface area contributed by atoms with E-state index in [1.54, 1.807) is 0 Å². The summed E-state index contributed by atoms with van der Waals surface area (Å²) in [6, 6.07) is 4.82. The van der Waals surface area contributed by atoms with Gasteiger partial charge in [-0.05, 0) is 29.9 Å². The van der Waals surface area contributed by atoms with Crippen molar-refractivity contribution in [3.8, 4) is 0 Å². The second kappa shape index (κ2) is 4.45. The smallest absolute Gasteiger partial charge is 0.368 e. The van der Waals surface area contributed by atoms with Crippen molar-refractivity contribution < 1.29 is 13.2 Å². The molecule has 8 heteroatoms. The van der Waals surface area contributed by atoms with Gasteiger partial charge in [0.05, 0.1) is 12.1 Å². The third-order valence-corrected chi connectivity index (χ3v) is 2.72. The summed E-state index contributed by atoms with van der Waals surface area (Å²) in [6.45, 7) is 0.277. The second-order valence-electron chi connectivity index (χ2n) is 3.67. The lowest BCUT2D eigenvalue weighted by atomic mass is 10.1. The van der Waals surface area contributed by atoms with Gasteiger partial charge in [0.2, 0.25) is 5.95 Å². The molecule has 0 saturated heterocycles. The zero-order chi connectivity index (χ0) is 13.3. The largest absolute Gasteiger partial charge is 0.416 e. The Hall–Kier alpha value is -1.83. The molecule has 18 heavy (non-hydrogen) atoms. The highest BCUT2D eigenvalue weighted by Crippen LogP contribution is 2.29. The standard InChI is InChI=1S/C10H9F3N4S/c11-10(12,13)7-3-1-6(2-4-7)5-17-8(14)15-16-9(17)18/h1-4H,5H2,(H2,14,15)(H,16,18). The van der Waals surface area contributed by atoms with Crippen molar-refractivity contribution in [1.82, 2.24) is 14.8 Å². The minimum atomic E-state index is -4.33. The molecule has 0 aliphatic rings. The van der Waals surface area contributed by atoms with E-state index in [9.17, 15) is 13.2 Å². The van der Waals surface area contributed by atoms with Crippen molar-refractivity contribution in [3.63, 3.8) is 0 Å². The number of aromatic nitrogens is 3. The van der Waals surface area contributed by atoms with Gasteiger partial charge in [0, 0.05) is 0 Å². The number of rotatable bonds is 2. The molecule has 1 aromatic carbocycles. The van der Waals surface area contributed by atoms with Crippen LogP contribution in [-0.4, -0.2) is 14.8 Å². The Labute approximate surface area is 105 Å². The van der Waals surface area contributed by atoms with Gasteiger partial charge in [-0.3, -0.25) is 4.57 Å². The van der Waals surface area contributed by atoms with Crippen LogP contribution < -0.4 is 5.73 Å². The number of nitrogens with one attached hydrogen (secondary N) is 1. The Morgan fingerprint density at radius 2 is 1.89 bits per heavy atom. The van der Waals surface area contributed by atoms with Crippen molar-refractivity contribution in [2.45, 2.75) is 12.7 Å². The fourth-order valence-corrected chi connectivity index (χ4v) is 1.67. The summed E-state index contributed by atoms with van der Waals surface area (Å²) in [5.74, 6) is 0.194. The number of benzene rings is 1. The van der Waals surface area contributed by atoms with Gasteiger partial charge < -0.3 is 5.73 Å².